The number of amides is 1. The van der Waals surface area contributed by atoms with E-state index < -0.39 is 0 Å². The fourth-order valence-electron chi connectivity index (χ4n) is 2.90. The second-order valence-corrected chi connectivity index (χ2v) is 6.50. The van der Waals surface area contributed by atoms with Crippen LogP contribution in [0.15, 0.2) is 53.7 Å². The Morgan fingerprint density at radius 2 is 1.88 bits per heavy atom. The third kappa shape index (κ3) is 2.71. The molecule has 0 bridgehead atoms. The molecule has 120 valence electrons. The molecule has 4 rings (SSSR count). The molecule has 1 aromatic carbocycles. The lowest BCUT2D eigenvalue weighted by molar-refractivity contribution is 0.0734. The Bertz CT molecular complexity index is 894. The largest absolute Gasteiger partial charge is 0.334 e. The Labute approximate surface area is 147 Å². The summed E-state index contributed by atoms with van der Waals surface area (Å²) >= 11 is 3.48. The zero-order chi connectivity index (χ0) is 16.5. The fraction of sp³-hybridized carbons (Fsp3) is 0.176. The Kier molecular flexibility index (Phi) is 3.86. The minimum absolute atomic E-state index is 0.00647. The molecule has 0 aliphatic carbocycles. The highest BCUT2D eigenvalue weighted by Crippen LogP contribution is 2.23. The summed E-state index contributed by atoms with van der Waals surface area (Å²) in [6.45, 7) is 1.36. The van der Waals surface area contributed by atoms with E-state index in [0.717, 1.165) is 17.4 Å². The van der Waals surface area contributed by atoms with Crippen LogP contribution in [0.1, 0.15) is 21.5 Å². The van der Waals surface area contributed by atoms with Gasteiger partial charge in [-0.3, -0.25) is 9.36 Å². The number of halogens is 1. The van der Waals surface area contributed by atoms with Gasteiger partial charge in [0.05, 0.1) is 10.0 Å². The van der Waals surface area contributed by atoms with Crippen molar-refractivity contribution in [2.75, 3.05) is 6.54 Å². The summed E-state index contributed by atoms with van der Waals surface area (Å²) < 4.78 is 2.42. The Balaban J connectivity index is 1.58. The van der Waals surface area contributed by atoms with Crippen molar-refractivity contribution in [3.63, 3.8) is 0 Å². The van der Waals surface area contributed by atoms with Crippen molar-refractivity contribution in [1.82, 2.24) is 24.6 Å². The first-order valence-corrected chi connectivity index (χ1v) is 8.38. The summed E-state index contributed by atoms with van der Waals surface area (Å²) in [7, 11) is 0. The molecule has 24 heavy (non-hydrogen) atoms. The molecule has 3 heterocycles. The lowest BCUT2D eigenvalue weighted by Crippen LogP contribution is -2.36. The maximum absolute atomic E-state index is 12.8. The molecule has 0 radical (unpaired) electrons. The summed E-state index contributed by atoms with van der Waals surface area (Å²) in [4.78, 5) is 19.0. The van der Waals surface area contributed by atoms with Crippen molar-refractivity contribution in [3.05, 3.63) is 70.3 Å². The lowest BCUT2D eigenvalue weighted by Gasteiger charge is -2.29. The Morgan fingerprint density at radius 1 is 1.12 bits per heavy atom. The number of carbonyl (C=O) groups excluding carboxylic acids is 1. The molecule has 0 saturated heterocycles. The number of benzene rings is 1. The van der Waals surface area contributed by atoms with Gasteiger partial charge in [-0.15, -0.1) is 10.2 Å². The van der Waals surface area contributed by atoms with Crippen molar-refractivity contribution < 1.29 is 4.79 Å². The van der Waals surface area contributed by atoms with E-state index in [2.05, 4.69) is 43.2 Å². The van der Waals surface area contributed by atoms with Gasteiger partial charge in [0.2, 0.25) is 0 Å². The molecule has 6 nitrogen and oxygen atoms in total. The van der Waals surface area contributed by atoms with Crippen LogP contribution in [0.2, 0.25) is 0 Å². The van der Waals surface area contributed by atoms with Gasteiger partial charge in [0.15, 0.2) is 5.82 Å². The highest BCUT2D eigenvalue weighted by molar-refractivity contribution is 9.10. The minimum atomic E-state index is -0.00647. The van der Waals surface area contributed by atoms with Crippen LogP contribution in [0, 0.1) is 0 Å². The molecule has 3 aromatic rings. The average molecular weight is 384 g/mol. The van der Waals surface area contributed by atoms with E-state index in [1.54, 1.807) is 29.5 Å². The second-order valence-electron chi connectivity index (χ2n) is 5.64. The van der Waals surface area contributed by atoms with Gasteiger partial charge in [0.25, 0.3) is 5.91 Å². The number of rotatable bonds is 2. The summed E-state index contributed by atoms with van der Waals surface area (Å²) in [5.41, 5.74) is 3.10. The van der Waals surface area contributed by atoms with E-state index in [9.17, 15) is 4.79 Å². The van der Waals surface area contributed by atoms with Crippen LogP contribution in [0.4, 0.5) is 0 Å². The summed E-state index contributed by atoms with van der Waals surface area (Å²) in [5.74, 6) is 0.647. The molecule has 1 aliphatic heterocycles. The first-order chi connectivity index (χ1) is 11.7. The van der Waals surface area contributed by atoms with Crippen LogP contribution in [0.25, 0.3) is 5.82 Å². The van der Waals surface area contributed by atoms with Crippen LogP contribution in [-0.4, -0.2) is 37.1 Å². The standard InChI is InChI=1S/C17H14BrN5O/c18-15-7-14(8-19-16(15)23-10-20-21-11-23)17(24)22-6-5-12-3-1-2-4-13(12)9-22/h1-4,7-8,10-11H,5-6,9H2. The first kappa shape index (κ1) is 15.0. The molecule has 0 unspecified atom stereocenters. The number of carbonyl (C=O) groups is 1. The van der Waals surface area contributed by atoms with Crippen molar-refractivity contribution in [2.24, 2.45) is 0 Å². The zero-order valence-electron chi connectivity index (χ0n) is 12.8. The van der Waals surface area contributed by atoms with Gasteiger partial charge in [-0.25, -0.2) is 4.98 Å². The number of nitrogens with zero attached hydrogens (tertiary/aromatic N) is 5. The Morgan fingerprint density at radius 3 is 2.62 bits per heavy atom. The minimum Gasteiger partial charge on any atom is -0.334 e. The molecule has 0 atom stereocenters. The van der Waals surface area contributed by atoms with Crippen molar-refractivity contribution >= 4 is 21.8 Å². The van der Waals surface area contributed by atoms with E-state index in [4.69, 9.17) is 0 Å². The Hall–Kier alpha value is -2.54. The van der Waals surface area contributed by atoms with Crippen LogP contribution >= 0.6 is 15.9 Å². The van der Waals surface area contributed by atoms with Gasteiger partial charge in [-0.2, -0.15) is 0 Å². The molecule has 0 N–H and O–H groups in total. The van der Waals surface area contributed by atoms with Crippen molar-refractivity contribution in [3.8, 4) is 5.82 Å². The second kappa shape index (κ2) is 6.16. The molecule has 0 spiro atoms. The predicted molar refractivity (Wildman–Crippen MR) is 91.7 cm³/mol. The molecular formula is C17H14BrN5O. The first-order valence-electron chi connectivity index (χ1n) is 7.59. The average Bonchev–Trinajstić information content (AvgIpc) is 3.15. The maximum atomic E-state index is 12.8. The highest BCUT2D eigenvalue weighted by atomic mass is 79.9. The number of aromatic nitrogens is 4. The van der Waals surface area contributed by atoms with Gasteiger partial charge in [-0.05, 0) is 39.5 Å². The van der Waals surface area contributed by atoms with Gasteiger partial charge < -0.3 is 4.90 Å². The van der Waals surface area contributed by atoms with E-state index in [1.807, 2.05) is 17.0 Å². The van der Waals surface area contributed by atoms with Gasteiger partial charge in [0.1, 0.15) is 12.7 Å². The predicted octanol–water partition coefficient (Wildman–Crippen LogP) is 2.62. The quantitative estimate of drug-likeness (QED) is 0.682. The lowest BCUT2D eigenvalue weighted by atomic mass is 9.99. The molecule has 1 aliphatic rings. The third-order valence-corrected chi connectivity index (χ3v) is 4.73. The van der Waals surface area contributed by atoms with Gasteiger partial charge in [0, 0.05) is 19.3 Å². The van der Waals surface area contributed by atoms with Crippen molar-refractivity contribution in [1.29, 1.82) is 0 Å². The number of pyridine rings is 1. The van der Waals surface area contributed by atoms with Gasteiger partial charge >= 0.3 is 0 Å². The number of fused-ring (bicyclic) bond motifs is 1. The fourth-order valence-corrected chi connectivity index (χ4v) is 3.45. The highest BCUT2D eigenvalue weighted by Gasteiger charge is 2.22. The van der Waals surface area contributed by atoms with Crippen LogP contribution in [-0.2, 0) is 13.0 Å². The summed E-state index contributed by atoms with van der Waals surface area (Å²) in [6.07, 6.45) is 5.62. The van der Waals surface area contributed by atoms with E-state index >= 15 is 0 Å². The summed E-state index contributed by atoms with van der Waals surface area (Å²) in [5, 5.41) is 7.54. The van der Waals surface area contributed by atoms with E-state index in [0.29, 0.717) is 17.9 Å². The van der Waals surface area contributed by atoms with Crippen LogP contribution < -0.4 is 0 Å². The van der Waals surface area contributed by atoms with E-state index in [1.165, 1.54) is 11.1 Å². The molecule has 1 amide bonds. The number of hydrogen-bond acceptors (Lipinski definition) is 4. The normalized spacial score (nSPS) is 13.6. The van der Waals surface area contributed by atoms with Crippen LogP contribution in [0.3, 0.4) is 0 Å². The molecule has 0 saturated carbocycles. The molecule has 0 fully saturated rings. The third-order valence-electron chi connectivity index (χ3n) is 4.15. The topological polar surface area (TPSA) is 63.9 Å². The van der Waals surface area contributed by atoms with Crippen LogP contribution in [0.5, 0.6) is 0 Å². The zero-order valence-corrected chi connectivity index (χ0v) is 14.3. The summed E-state index contributed by atoms with van der Waals surface area (Å²) in [6, 6.07) is 10.1. The van der Waals surface area contributed by atoms with Crippen molar-refractivity contribution in [2.45, 2.75) is 13.0 Å². The number of hydrogen-bond donors (Lipinski definition) is 0. The van der Waals surface area contributed by atoms with Gasteiger partial charge in [-0.1, -0.05) is 24.3 Å². The SMILES string of the molecule is O=C(c1cnc(-n2cnnc2)c(Br)c1)N1CCc2ccccc2C1. The molecular weight excluding hydrogens is 370 g/mol. The maximum Gasteiger partial charge on any atom is 0.255 e. The molecule has 7 heteroatoms. The monoisotopic (exact) mass is 383 g/mol. The van der Waals surface area contributed by atoms with E-state index in [-0.39, 0.29) is 5.91 Å². The molecule has 2 aromatic heterocycles. The smallest absolute Gasteiger partial charge is 0.255 e.